The molecule has 0 aliphatic heterocycles. The Bertz CT molecular complexity index is 808. The van der Waals surface area contributed by atoms with E-state index in [1.807, 2.05) is 20.8 Å². The highest BCUT2D eigenvalue weighted by molar-refractivity contribution is 6.30. The first-order chi connectivity index (χ1) is 12.8. The van der Waals surface area contributed by atoms with Crippen LogP contribution in [0, 0.1) is 12.8 Å². The number of ether oxygens (including phenoxy) is 2. The first kappa shape index (κ1) is 20.6. The molecule has 2 rings (SSSR count). The quantitative estimate of drug-likeness (QED) is 0.709. The molecular formula is C20H23ClN2O4. The van der Waals surface area contributed by atoms with E-state index in [0.717, 1.165) is 5.56 Å². The molecule has 2 amide bonds. The van der Waals surface area contributed by atoms with Gasteiger partial charge in [-0.25, -0.2) is 0 Å². The van der Waals surface area contributed by atoms with E-state index in [1.165, 1.54) is 0 Å². The average Bonchev–Trinajstić information content (AvgIpc) is 2.64. The van der Waals surface area contributed by atoms with E-state index in [1.54, 1.807) is 42.5 Å². The summed E-state index contributed by atoms with van der Waals surface area (Å²) in [6, 6.07) is 11.9. The van der Waals surface area contributed by atoms with Crippen LogP contribution in [0.4, 0.5) is 0 Å². The van der Waals surface area contributed by atoms with Gasteiger partial charge in [0.05, 0.1) is 6.61 Å². The van der Waals surface area contributed by atoms with Crippen molar-refractivity contribution < 1.29 is 19.1 Å². The lowest BCUT2D eigenvalue weighted by atomic mass is 10.2. The predicted octanol–water partition coefficient (Wildman–Crippen LogP) is 3.52. The van der Waals surface area contributed by atoms with Crippen LogP contribution in [0.3, 0.4) is 0 Å². The molecule has 0 saturated heterocycles. The molecule has 2 aromatic rings. The van der Waals surface area contributed by atoms with E-state index in [9.17, 15) is 9.59 Å². The van der Waals surface area contributed by atoms with E-state index in [0.29, 0.717) is 34.6 Å². The van der Waals surface area contributed by atoms with Crippen LogP contribution in [-0.2, 0) is 4.79 Å². The lowest BCUT2D eigenvalue weighted by Gasteiger charge is -2.12. The Morgan fingerprint density at radius 2 is 1.85 bits per heavy atom. The Hall–Kier alpha value is -2.73. The fourth-order valence-electron chi connectivity index (χ4n) is 2.14. The van der Waals surface area contributed by atoms with E-state index in [-0.39, 0.29) is 6.61 Å². The summed E-state index contributed by atoms with van der Waals surface area (Å²) in [5.41, 5.74) is 5.87. The molecule has 2 N–H and O–H groups in total. The number of benzene rings is 2. The molecule has 2 aromatic carbocycles. The minimum absolute atomic E-state index is 0.236. The van der Waals surface area contributed by atoms with Crippen molar-refractivity contribution >= 4 is 23.4 Å². The average molecular weight is 391 g/mol. The number of carbonyl (C=O) groups excluding carboxylic acids is 2. The number of nitrogens with one attached hydrogen (secondary N) is 2. The molecule has 0 aliphatic carbocycles. The van der Waals surface area contributed by atoms with Gasteiger partial charge < -0.3 is 9.47 Å². The maximum absolute atomic E-state index is 12.2. The standard InChI is InChI=1S/C20H23ClN2O4/c1-13(2)11-26-17-6-4-5-15(10-17)20(25)23-22-19(24)12-27-18-8-7-16(21)9-14(18)3/h4-10,13H,11-12H2,1-3H3,(H,22,24)(H,23,25). The number of rotatable bonds is 7. The van der Waals surface area contributed by atoms with Crippen molar-refractivity contribution in [1.29, 1.82) is 0 Å². The number of halogens is 1. The van der Waals surface area contributed by atoms with E-state index >= 15 is 0 Å². The molecule has 0 heterocycles. The molecule has 0 aromatic heterocycles. The van der Waals surface area contributed by atoms with Gasteiger partial charge in [-0.1, -0.05) is 31.5 Å². The topological polar surface area (TPSA) is 76.7 Å². The maximum atomic E-state index is 12.2. The largest absolute Gasteiger partial charge is 0.493 e. The molecule has 0 aliphatic rings. The number of carbonyl (C=O) groups is 2. The van der Waals surface area contributed by atoms with Crippen LogP contribution in [0.25, 0.3) is 0 Å². The van der Waals surface area contributed by atoms with Gasteiger partial charge in [0.1, 0.15) is 11.5 Å². The molecule has 0 fully saturated rings. The number of hydrogen-bond acceptors (Lipinski definition) is 4. The normalized spacial score (nSPS) is 10.4. The predicted molar refractivity (Wildman–Crippen MR) is 104 cm³/mol. The van der Waals surface area contributed by atoms with Crippen LogP contribution in [0.5, 0.6) is 11.5 Å². The van der Waals surface area contributed by atoms with Gasteiger partial charge in [0, 0.05) is 10.6 Å². The third-order valence-corrected chi connectivity index (χ3v) is 3.73. The lowest BCUT2D eigenvalue weighted by molar-refractivity contribution is -0.123. The smallest absolute Gasteiger partial charge is 0.276 e. The molecule has 0 radical (unpaired) electrons. The Morgan fingerprint density at radius 1 is 1.07 bits per heavy atom. The fraction of sp³-hybridized carbons (Fsp3) is 0.300. The number of aryl methyl sites for hydroxylation is 1. The number of hydrogen-bond donors (Lipinski definition) is 2. The van der Waals surface area contributed by atoms with Crippen LogP contribution < -0.4 is 20.3 Å². The van der Waals surface area contributed by atoms with Gasteiger partial charge in [0.25, 0.3) is 11.8 Å². The summed E-state index contributed by atoms with van der Waals surface area (Å²) in [6.45, 7) is 6.23. The summed E-state index contributed by atoms with van der Waals surface area (Å²) in [6.07, 6.45) is 0. The summed E-state index contributed by atoms with van der Waals surface area (Å²) in [7, 11) is 0. The number of hydrazine groups is 1. The van der Waals surface area contributed by atoms with Crippen molar-refractivity contribution in [2.45, 2.75) is 20.8 Å². The number of amides is 2. The van der Waals surface area contributed by atoms with Crippen LogP contribution in [0.15, 0.2) is 42.5 Å². The second-order valence-corrected chi connectivity index (χ2v) is 6.87. The summed E-state index contributed by atoms with van der Waals surface area (Å²) in [4.78, 5) is 24.0. The highest BCUT2D eigenvalue weighted by Crippen LogP contribution is 2.21. The van der Waals surface area contributed by atoms with E-state index in [2.05, 4.69) is 10.9 Å². The molecule has 6 nitrogen and oxygen atoms in total. The summed E-state index contributed by atoms with van der Waals surface area (Å²) < 4.78 is 11.0. The first-order valence-corrected chi connectivity index (χ1v) is 8.94. The van der Waals surface area contributed by atoms with Crippen LogP contribution in [-0.4, -0.2) is 25.0 Å². The molecule has 7 heteroatoms. The summed E-state index contributed by atoms with van der Waals surface area (Å²) >= 11 is 5.88. The molecule has 0 spiro atoms. The van der Waals surface area contributed by atoms with Crippen LogP contribution >= 0.6 is 11.6 Å². The van der Waals surface area contributed by atoms with Crippen molar-refractivity contribution in [1.82, 2.24) is 10.9 Å². The second kappa shape index (κ2) is 9.83. The molecule has 0 unspecified atom stereocenters. The Balaban J connectivity index is 1.82. The molecule has 0 bridgehead atoms. The third-order valence-electron chi connectivity index (χ3n) is 3.49. The van der Waals surface area contributed by atoms with Gasteiger partial charge in [0.2, 0.25) is 0 Å². The van der Waals surface area contributed by atoms with Gasteiger partial charge in [-0.3, -0.25) is 20.4 Å². The molecular weight excluding hydrogens is 368 g/mol. The monoisotopic (exact) mass is 390 g/mol. The van der Waals surface area contributed by atoms with E-state index < -0.39 is 11.8 Å². The fourth-order valence-corrected chi connectivity index (χ4v) is 2.37. The zero-order chi connectivity index (χ0) is 19.8. The van der Waals surface area contributed by atoms with Crippen molar-refractivity contribution in [3.8, 4) is 11.5 Å². The SMILES string of the molecule is Cc1cc(Cl)ccc1OCC(=O)NNC(=O)c1cccc(OCC(C)C)c1. The van der Waals surface area contributed by atoms with Gasteiger partial charge in [-0.05, 0) is 54.8 Å². The zero-order valence-corrected chi connectivity index (χ0v) is 16.3. The van der Waals surface area contributed by atoms with Crippen LogP contribution in [0.2, 0.25) is 5.02 Å². The molecule has 27 heavy (non-hydrogen) atoms. The Kier molecular flexibility index (Phi) is 7.49. The highest BCUT2D eigenvalue weighted by Gasteiger charge is 2.10. The molecule has 144 valence electrons. The first-order valence-electron chi connectivity index (χ1n) is 8.56. The van der Waals surface area contributed by atoms with Crippen molar-refractivity contribution in [2.24, 2.45) is 5.92 Å². The Morgan fingerprint density at radius 3 is 2.56 bits per heavy atom. The summed E-state index contributed by atoms with van der Waals surface area (Å²) in [5, 5.41) is 0.594. The maximum Gasteiger partial charge on any atom is 0.276 e. The van der Waals surface area contributed by atoms with Gasteiger partial charge in [0.15, 0.2) is 6.61 Å². The minimum atomic E-state index is -0.482. The third kappa shape index (κ3) is 6.83. The molecule has 0 saturated carbocycles. The van der Waals surface area contributed by atoms with Gasteiger partial charge in [-0.2, -0.15) is 0 Å². The van der Waals surface area contributed by atoms with Gasteiger partial charge in [-0.15, -0.1) is 0 Å². The lowest BCUT2D eigenvalue weighted by Crippen LogP contribution is -2.43. The zero-order valence-electron chi connectivity index (χ0n) is 15.5. The second-order valence-electron chi connectivity index (χ2n) is 6.43. The van der Waals surface area contributed by atoms with Crippen molar-refractivity contribution in [3.05, 3.63) is 58.6 Å². The highest BCUT2D eigenvalue weighted by atomic mass is 35.5. The Labute approximate surface area is 163 Å². The van der Waals surface area contributed by atoms with Crippen molar-refractivity contribution in [2.75, 3.05) is 13.2 Å². The van der Waals surface area contributed by atoms with Crippen molar-refractivity contribution in [3.63, 3.8) is 0 Å². The van der Waals surface area contributed by atoms with Gasteiger partial charge >= 0.3 is 0 Å². The summed E-state index contributed by atoms with van der Waals surface area (Å²) in [5.74, 6) is 0.608. The minimum Gasteiger partial charge on any atom is -0.493 e. The molecule has 0 atom stereocenters. The van der Waals surface area contributed by atoms with E-state index in [4.69, 9.17) is 21.1 Å². The van der Waals surface area contributed by atoms with Crippen LogP contribution in [0.1, 0.15) is 29.8 Å².